The molecule has 0 aliphatic carbocycles. The van der Waals surface area contributed by atoms with Crippen LogP contribution >= 0.6 is 11.8 Å². The number of benzene rings is 1. The highest BCUT2D eigenvalue weighted by atomic mass is 32.2. The van der Waals surface area contributed by atoms with Crippen LogP contribution in [0.25, 0.3) is 0 Å². The smallest absolute Gasteiger partial charge is 0.387 e. The summed E-state index contributed by atoms with van der Waals surface area (Å²) in [6.07, 6.45) is 0.779. The number of hydrogen-bond donors (Lipinski definition) is 1. The molecule has 0 aliphatic heterocycles. The fourth-order valence-electron chi connectivity index (χ4n) is 1.95. The van der Waals surface area contributed by atoms with Gasteiger partial charge in [0.2, 0.25) is 5.91 Å². The van der Waals surface area contributed by atoms with Gasteiger partial charge in [-0.3, -0.25) is 4.79 Å². The molecular weight excluding hydrogens is 338 g/mol. The highest BCUT2D eigenvalue weighted by Gasteiger charge is 2.10. The fraction of sp³-hybridized carbons (Fsp3) is 0.400. The molecule has 0 fully saturated rings. The third-order valence-corrected chi connectivity index (χ3v) is 4.23. The number of thioether (sulfide) groups is 1. The Labute approximate surface area is 142 Å². The third-order valence-electron chi connectivity index (χ3n) is 3.21. The second-order valence-electron chi connectivity index (χ2n) is 4.90. The maximum atomic E-state index is 12.1. The first-order chi connectivity index (χ1) is 11.5. The van der Waals surface area contributed by atoms with E-state index >= 15 is 0 Å². The molecule has 0 atom stereocenters. The van der Waals surface area contributed by atoms with Crippen LogP contribution < -0.4 is 10.1 Å². The topological polar surface area (TPSA) is 69.0 Å². The number of nitrogens with one attached hydrogen (secondary N) is 1. The highest BCUT2D eigenvalue weighted by molar-refractivity contribution is 7.99. The van der Waals surface area contributed by atoms with E-state index < -0.39 is 6.61 Å². The zero-order valence-corrected chi connectivity index (χ0v) is 14.1. The predicted octanol–water partition coefficient (Wildman–Crippen LogP) is 2.39. The molecule has 2 rings (SSSR count). The van der Waals surface area contributed by atoms with Crippen molar-refractivity contribution in [1.82, 2.24) is 20.1 Å². The summed E-state index contributed by atoms with van der Waals surface area (Å²) in [5.74, 6) is 1.03. The largest absolute Gasteiger partial charge is 0.435 e. The standard InChI is InChI=1S/C15H18F2N4O2S/c1-3-12-19-20-15(21(12)2)24-9-13(22)18-8-10-4-6-11(7-5-10)23-14(16)17/h4-7,14H,3,8-9H2,1-2H3,(H,18,22). The molecule has 0 unspecified atom stereocenters. The average Bonchev–Trinajstić information content (AvgIpc) is 2.91. The summed E-state index contributed by atoms with van der Waals surface area (Å²) in [5.41, 5.74) is 0.793. The molecule has 130 valence electrons. The molecule has 0 radical (unpaired) electrons. The minimum Gasteiger partial charge on any atom is -0.435 e. The number of carbonyl (C=O) groups excluding carboxylic acids is 1. The first kappa shape index (κ1) is 18.2. The molecule has 1 aromatic carbocycles. The molecule has 1 amide bonds. The van der Waals surface area contributed by atoms with Gasteiger partial charge in [-0.15, -0.1) is 10.2 Å². The Bertz CT molecular complexity index is 677. The Balaban J connectivity index is 1.77. The number of aromatic nitrogens is 3. The normalized spacial score (nSPS) is 10.9. The van der Waals surface area contributed by atoms with Crippen molar-refractivity contribution < 1.29 is 18.3 Å². The molecule has 1 aromatic heterocycles. The maximum absolute atomic E-state index is 12.1. The van der Waals surface area contributed by atoms with E-state index in [4.69, 9.17) is 0 Å². The van der Waals surface area contributed by atoms with Crippen LogP contribution in [0.4, 0.5) is 8.78 Å². The monoisotopic (exact) mass is 356 g/mol. The van der Waals surface area contributed by atoms with E-state index in [0.29, 0.717) is 11.7 Å². The van der Waals surface area contributed by atoms with Gasteiger partial charge in [0.1, 0.15) is 11.6 Å². The molecule has 2 aromatic rings. The molecule has 1 N–H and O–H groups in total. The molecule has 0 aliphatic rings. The second kappa shape index (κ2) is 8.62. The van der Waals surface area contributed by atoms with Crippen molar-refractivity contribution in [1.29, 1.82) is 0 Å². The van der Waals surface area contributed by atoms with Gasteiger partial charge in [-0.25, -0.2) is 0 Å². The fourth-order valence-corrected chi connectivity index (χ4v) is 2.71. The van der Waals surface area contributed by atoms with Crippen LogP contribution in [0, 0.1) is 0 Å². The Morgan fingerprint density at radius 3 is 2.62 bits per heavy atom. The molecule has 9 heteroatoms. The third kappa shape index (κ3) is 5.19. The van der Waals surface area contributed by atoms with Crippen LogP contribution in [0.5, 0.6) is 5.75 Å². The van der Waals surface area contributed by atoms with Crippen LogP contribution in [0.3, 0.4) is 0 Å². The summed E-state index contributed by atoms with van der Waals surface area (Å²) in [7, 11) is 1.86. The van der Waals surface area contributed by atoms with Crippen molar-refractivity contribution >= 4 is 17.7 Å². The number of amides is 1. The number of nitrogens with zero attached hydrogens (tertiary/aromatic N) is 3. The van der Waals surface area contributed by atoms with E-state index in [-0.39, 0.29) is 17.4 Å². The minimum absolute atomic E-state index is 0.0876. The van der Waals surface area contributed by atoms with Crippen molar-refractivity contribution in [3.63, 3.8) is 0 Å². The van der Waals surface area contributed by atoms with Crippen LogP contribution in [0.1, 0.15) is 18.3 Å². The highest BCUT2D eigenvalue weighted by Crippen LogP contribution is 2.16. The van der Waals surface area contributed by atoms with Gasteiger partial charge in [0.05, 0.1) is 5.75 Å². The van der Waals surface area contributed by atoms with Crippen molar-refractivity contribution in [3.05, 3.63) is 35.7 Å². The molecule has 6 nitrogen and oxygen atoms in total. The van der Waals surface area contributed by atoms with Gasteiger partial charge in [-0.05, 0) is 17.7 Å². The summed E-state index contributed by atoms with van der Waals surface area (Å²) in [6, 6.07) is 6.13. The lowest BCUT2D eigenvalue weighted by molar-refractivity contribution is -0.118. The van der Waals surface area contributed by atoms with E-state index in [0.717, 1.165) is 17.8 Å². The average molecular weight is 356 g/mol. The molecular formula is C15H18F2N4O2S. The lowest BCUT2D eigenvalue weighted by Gasteiger charge is -2.07. The molecule has 0 saturated heterocycles. The number of hydrogen-bond acceptors (Lipinski definition) is 5. The summed E-state index contributed by atoms with van der Waals surface area (Å²) in [5, 5.41) is 11.5. The Morgan fingerprint density at radius 2 is 2.04 bits per heavy atom. The van der Waals surface area contributed by atoms with Crippen LogP contribution in [-0.2, 0) is 24.8 Å². The molecule has 0 saturated carbocycles. The van der Waals surface area contributed by atoms with Crippen LogP contribution in [0.15, 0.2) is 29.4 Å². The van der Waals surface area contributed by atoms with Crippen molar-refractivity contribution in [2.75, 3.05) is 5.75 Å². The summed E-state index contributed by atoms with van der Waals surface area (Å²) < 4.78 is 30.2. The van der Waals surface area contributed by atoms with E-state index in [1.54, 1.807) is 12.1 Å². The van der Waals surface area contributed by atoms with Crippen molar-refractivity contribution in [3.8, 4) is 5.75 Å². The quantitative estimate of drug-likeness (QED) is 0.736. The summed E-state index contributed by atoms with van der Waals surface area (Å²) >= 11 is 1.31. The van der Waals surface area contributed by atoms with E-state index in [1.165, 1.54) is 23.9 Å². The van der Waals surface area contributed by atoms with E-state index in [2.05, 4.69) is 20.3 Å². The zero-order valence-electron chi connectivity index (χ0n) is 13.3. The lowest BCUT2D eigenvalue weighted by atomic mass is 10.2. The van der Waals surface area contributed by atoms with Gasteiger partial charge in [0.15, 0.2) is 5.16 Å². The molecule has 24 heavy (non-hydrogen) atoms. The van der Waals surface area contributed by atoms with Crippen LogP contribution in [0.2, 0.25) is 0 Å². The first-order valence-electron chi connectivity index (χ1n) is 7.31. The Morgan fingerprint density at radius 1 is 1.33 bits per heavy atom. The maximum Gasteiger partial charge on any atom is 0.387 e. The minimum atomic E-state index is -2.85. The number of halogens is 2. The van der Waals surface area contributed by atoms with Gasteiger partial charge in [-0.2, -0.15) is 8.78 Å². The first-order valence-corrected chi connectivity index (χ1v) is 8.29. The van der Waals surface area contributed by atoms with Gasteiger partial charge in [0, 0.05) is 20.0 Å². The second-order valence-corrected chi connectivity index (χ2v) is 5.84. The molecule has 0 spiro atoms. The van der Waals surface area contributed by atoms with Gasteiger partial charge in [0.25, 0.3) is 0 Å². The van der Waals surface area contributed by atoms with Gasteiger partial charge >= 0.3 is 6.61 Å². The zero-order chi connectivity index (χ0) is 17.5. The molecule has 0 bridgehead atoms. The van der Waals surface area contributed by atoms with Crippen molar-refractivity contribution in [2.24, 2.45) is 7.05 Å². The number of aryl methyl sites for hydroxylation is 1. The number of carbonyl (C=O) groups is 1. The Hall–Kier alpha value is -2.16. The SMILES string of the molecule is CCc1nnc(SCC(=O)NCc2ccc(OC(F)F)cc2)n1C. The van der Waals surface area contributed by atoms with Crippen LogP contribution in [-0.4, -0.2) is 33.0 Å². The number of alkyl halides is 2. The van der Waals surface area contributed by atoms with Gasteiger partial charge in [-0.1, -0.05) is 30.8 Å². The molecule has 1 heterocycles. The van der Waals surface area contributed by atoms with E-state index in [9.17, 15) is 13.6 Å². The Kier molecular flexibility index (Phi) is 6.53. The van der Waals surface area contributed by atoms with Gasteiger partial charge < -0.3 is 14.6 Å². The lowest BCUT2D eigenvalue weighted by Crippen LogP contribution is -2.24. The summed E-state index contributed by atoms with van der Waals surface area (Å²) in [4.78, 5) is 11.9. The number of rotatable bonds is 8. The number of ether oxygens (including phenoxy) is 1. The van der Waals surface area contributed by atoms with Crippen molar-refractivity contribution in [2.45, 2.75) is 31.7 Å². The van der Waals surface area contributed by atoms with E-state index in [1.807, 2.05) is 18.5 Å². The summed E-state index contributed by atoms with van der Waals surface area (Å²) in [6.45, 7) is -0.544. The predicted molar refractivity (Wildman–Crippen MR) is 86.0 cm³/mol.